The van der Waals surface area contributed by atoms with E-state index in [4.69, 9.17) is 4.74 Å². The zero-order chi connectivity index (χ0) is 9.97. The first kappa shape index (κ1) is 9.29. The van der Waals surface area contributed by atoms with Gasteiger partial charge in [-0.3, -0.25) is 4.79 Å². The second-order valence-corrected chi connectivity index (χ2v) is 3.19. The van der Waals surface area contributed by atoms with Crippen molar-refractivity contribution in [3.63, 3.8) is 0 Å². The summed E-state index contributed by atoms with van der Waals surface area (Å²) in [6, 6.07) is -0.263. The quantitative estimate of drug-likeness (QED) is 0.613. The van der Waals surface area contributed by atoms with Crippen molar-refractivity contribution in [2.24, 2.45) is 7.05 Å². The normalized spacial score (nSPS) is 22.2. The molecule has 1 aromatic rings. The summed E-state index contributed by atoms with van der Waals surface area (Å²) >= 11 is 0. The van der Waals surface area contributed by atoms with Crippen LogP contribution in [0.1, 0.15) is 10.5 Å². The predicted molar refractivity (Wildman–Crippen MR) is 47.9 cm³/mol. The minimum Gasteiger partial charge on any atom is -0.378 e. The van der Waals surface area contributed by atoms with Crippen molar-refractivity contribution in [2.75, 3.05) is 19.8 Å². The number of aromatic nitrogens is 3. The van der Waals surface area contributed by atoms with Gasteiger partial charge in [0.2, 0.25) is 5.78 Å². The standard InChI is InChI=1S/C8H12N4O2/c1-12-7(4-10-11-12)8(13)6-5-14-3-2-9-6/h4,6,9H,2-3,5H2,1H3. The topological polar surface area (TPSA) is 69.0 Å². The van der Waals surface area contributed by atoms with Crippen molar-refractivity contribution in [1.29, 1.82) is 0 Å². The fourth-order valence-electron chi connectivity index (χ4n) is 1.43. The third-order valence-electron chi connectivity index (χ3n) is 2.21. The summed E-state index contributed by atoms with van der Waals surface area (Å²) < 4.78 is 6.68. The van der Waals surface area contributed by atoms with E-state index in [9.17, 15) is 4.79 Å². The Morgan fingerprint density at radius 1 is 1.79 bits per heavy atom. The Bertz CT molecular complexity index is 330. The minimum atomic E-state index is -0.263. The fraction of sp³-hybridized carbons (Fsp3) is 0.625. The van der Waals surface area contributed by atoms with Crippen LogP contribution in [0.4, 0.5) is 0 Å². The SMILES string of the molecule is Cn1nncc1C(=O)C1COCCN1. The van der Waals surface area contributed by atoms with Gasteiger partial charge in [0.1, 0.15) is 5.69 Å². The van der Waals surface area contributed by atoms with E-state index in [1.165, 1.54) is 10.9 Å². The lowest BCUT2D eigenvalue weighted by atomic mass is 10.1. The van der Waals surface area contributed by atoms with Crippen molar-refractivity contribution in [3.05, 3.63) is 11.9 Å². The largest absolute Gasteiger partial charge is 0.378 e. The van der Waals surface area contributed by atoms with Gasteiger partial charge in [0.15, 0.2) is 0 Å². The van der Waals surface area contributed by atoms with E-state index in [1.54, 1.807) is 7.05 Å². The molecule has 1 aliphatic rings. The highest BCUT2D eigenvalue weighted by Crippen LogP contribution is 2.03. The van der Waals surface area contributed by atoms with E-state index in [2.05, 4.69) is 15.6 Å². The summed E-state index contributed by atoms with van der Waals surface area (Å²) in [5.74, 6) is -0.0165. The fourth-order valence-corrected chi connectivity index (χ4v) is 1.43. The molecule has 76 valence electrons. The summed E-state index contributed by atoms with van der Waals surface area (Å²) in [6.45, 7) is 1.79. The molecule has 6 heteroatoms. The van der Waals surface area contributed by atoms with Crippen LogP contribution in [-0.2, 0) is 11.8 Å². The molecular formula is C8H12N4O2. The summed E-state index contributed by atoms with van der Waals surface area (Å²) in [6.07, 6.45) is 1.47. The summed E-state index contributed by atoms with van der Waals surface area (Å²) in [7, 11) is 1.70. The number of hydrogen-bond acceptors (Lipinski definition) is 5. The van der Waals surface area contributed by atoms with Gasteiger partial charge in [-0.2, -0.15) is 0 Å². The van der Waals surface area contributed by atoms with Gasteiger partial charge in [-0.1, -0.05) is 5.21 Å². The van der Waals surface area contributed by atoms with Gasteiger partial charge < -0.3 is 10.1 Å². The van der Waals surface area contributed by atoms with Gasteiger partial charge in [0.25, 0.3) is 0 Å². The second kappa shape index (κ2) is 3.85. The number of Topliss-reactive ketones (excluding diaryl/α,β-unsaturated/α-hetero) is 1. The van der Waals surface area contributed by atoms with Crippen LogP contribution in [-0.4, -0.2) is 46.6 Å². The van der Waals surface area contributed by atoms with E-state index in [1.807, 2.05) is 0 Å². The lowest BCUT2D eigenvalue weighted by molar-refractivity contribution is 0.0601. The first-order valence-electron chi connectivity index (χ1n) is 4.49. The molecule has 0 aromatic carbocycles. The highest BCUT2D eigenvalue weighted by molar-refractivity contribution is 5.98. The highest BCUT2D eigenvalue weighted by atomic mass is 16.5. The monoisotopic (exact) mass is 196 g/mol. The van der Waals surface area contributed by atoms with Crippen molar-refractivity contribution >= 4 is 5.78 Å². The van der Waals surface area contributed by atoms with Gasteiger partial charge in [0, 0.05) is 13.6 Å². The maximum absolute atomic E-state index is 11.8. The molecule has 1 fully saturated rings. The summed E-state index contributed by atoms with van der Waals surface area (Å²) in [4.78, 5) is 11.8. The smallest absolute Gasteiger partial charge is 0.201 e. The van der Waals surface area contributed by atoms with Gasteiger partial charge in [-0.25, -0.2) is 4.68 Å². The zero-order valence-electron chi connectivity index (χ0n) is 7.93. The molecule has 2 rings (SSSR count). The van der Waals surface area contributed by atoms with Crippen molar-refractivity contribution in [3.8, 4) is 0 Å². The molecule has 0 bridgehead atoms. The van der Waals surface area contributed by atoms with E-state index in [0.29, 0.717) is 25.5 Å². The number of nitrogens with zero attached hydrogens (tertiary/aromatic N) is 3. The van der Waals surface area contributed by atoms with Crippen molar-refractivity contribution < 1.29 is 9.53 Å². The van der Waals surface area contributed by atoms with Crippen LogP contribution in [0.5, 0.6) is 0 Å². The van der Waals surface area contributed by atoms with Crippen LogP contribution in [0.15, 0.2) is 6.20 Å². The van der Waals surface area contributed by atoms with Gasteiger partial charge in [0.05, 0.1) is 25.5 Å². The molecule has 0 spiro atoms. The molecule has 1 aromatic heterocycles. The summed E-state index contributed by atoms with van der Waals surface area (Å²) in [5, 5.41) is 10.5. The lowest BCUT2D eigenvalue weighted by Crippen LogP contribution is -2.46. The summed E-state index contributed by atoms with van der Waals surface area (Å²) in [5.41, 5.74) is 0.507. The van der Waals surface area contributed by atoms with Crippen molar-refractivity contribution in [1.82, 2.24) is 20.3 Å². The molecule has 0 aliphatic carbocycles. The maximum Gasteiger partial charge on any atom is 0.201 e. The molecule has 14 heavy (non-hydrogen) atoms. The maximum atomic E-state index is 11.8. The van der Waals surface area contributed by atoms with E-state index < -0.39 is 0 Å². The number of morpholine rings is 1. The Labute approximate surface area is 81.2 Å². The molecule has 1 unspecified atom stereocenters. The number of ketones is 1. The average Bonchev–Trinajstić information content (AvgIpc) is 2.65. The molecule has 2 heterocycles. The van der Waals surface area contributed by atoms with Crippen LogP contribution in [0.2, 0.25) is 0 Å². The lowest BCUT2D eigenvalue weighted by Gasteiger charge is -2.22. The number of hydrogen-bond donors (Lipinski definition) is 1. The van der Waals surface area contributed by atoms with Crippen LogP contribution in [0.3, 0.4) is 0 Å². The van der Waals surface area contributed by atoms with E-state index in [0.717, 1.165) is 0 Å². The third-order valence-corrected chi connectivity index (χ3v) is 2.21. The number of ether oxygens (including phenoxy) is 1. The number of carbonyl (C=O) groups excluding carboxylic acids is 1. The molecule has 0 saturated carbocycles. The highest BCUT2D eigenvalue weighted by Gasteiger charge is 2.24. The number of nitrogens with one attached hydrogen (secondary N) is 1. The molecule has 1 N–H and O–H groups in total. The van der Waals surface area contributed by atoms with Crippen LogP contribution in [0.25, 0.3) is 0 Å². The molecule has 1 saturated heterocycles. The Hall–Kier alpha value is -1.27. The molecule has 0 amide bonds. The first-order valence-corrected chi connectivity index (χ1v) is 4.49. The number of aryl methyl sites for hydroxylation is 1. The average molecular weight is 196 g/mol. The Morgan fingerprint density at radius 2 is 2.64 bits per heavy atom. The van der Waals surface area contributed by atoms with Crippen LogP contribution >= 0.6 is 0 Å². The van der Waals surface area contributed by atoms with Crippen LogP contribution in [0, 0.1) is 0 Å². The third kappa shape index (κ3) is 1.66. The Kier molecular flexibility index (Phi) is 2.55. The van der Waals surface area contributed by atoms with Gasteiger partial charge in [-0.15, -0.1) is 5.10 Å². The Balaban J connectivity index is 2.11. The van der Waals surface area contributed by atoms with E-state index in [-0.39, 0.29) is 11.8 Å². The number of carbonyl (C=O) groups is 1. The van der Waals surface area contributed by atoms with Crippen molar-refractivity contribution in [2.45, 2.75) is 6.04 Å². The molecule has 1 atom stereocenters. The van der Waals surface area contributed by atoms with Gasteiger partial charge in [-0.05, 0) is 0 Å². The second-order valence-electron chi connectivity index (χ2n) is 3.19. The number of rotatable bonds is 2. The molecule has 6 nitrogen and oxygen atoms in total. The van der Waals surface area contributed by atoms with Gasteiger partial charge >= 0.3 is 0 Å². The van der Waals surface area contributed by atoms with Crippen LogP contribution < -0.4 is 5.32 Å². The predicted octanol–water partition coefficient (Wildman–Crippen LogP) is -1.01. The Morgan fingerprint density at radius 3 is 3.21 bits per heavy atom. The molecular weight excluding hydrogens is 184 g/mol. The first-order chi connectivity index (χ1) is 6.79. The molecule has 0 radical (unpaired) electrons. The zero-order valence-corrected chi connectivity index (χ0v) is 7.93. The minimum absolute atomic E-state index is 0.0165. The van der Waals surface area contributed by atoms with E-state index >= 15 is 0 Å². The molecule has 1 aliphatic heterocycles.